The lowest BCUT2D eigenvalue weighted by Gasteiger charge is -2.28. The lowest BCUT2D eigenvalue weighted by molar-refractivity contribution is -0.197. The molecule has 0 aromatic heterocycles. The van der Waals surface area contributed by atoms with Crippen molar-refractivity contribution < 1.29 is 29.6 Å². The molecule has 1 aliphatic heterocycles. The summed E-state index contributed by atoms with van der Waals surface area (Å²) in [4.78, 5) is 9.60. The Labute approximate surface area is 93.8 Å². The predicted molar refractivity (Wildman–Crippen MR) is 54.4 cm³/mol. The van der Waals surface area contributed by atoms with Crippen LogP contribution in [0.5, 0.6) is 0 Å². The monoisotopic (exact) mass is 237 g/mol. The molecule has 0 aliphatic carbocycles. The summed E-state index contributed by atoms with van der Waals surface area (Å²) >= 11 is 0. The van der Waals surface area contributed by atoms with Crippen molar-refractivity contribution in [1.82, 2.24) is 0 Å². The first-order valence-corrected chi connectivity index (χ1v) is 5.04. The van der Waals surface area contributed by atoms with Crippen LogP contribution in [0.25, 0.3) is 0 Å². The van der Waals surface area contributed by atoms with Gasteiger partial charge in [-0.2, -0.15) is 0 Å². The van der Waals surface area contributed by atoms with Crippen molar-refractivity contribution >= 4 is 6.09 Å². The Morgan fingerprint density at radius 1 is 1.50 bits per heavy atom. The maximum atomic E-state index is 9.60. The number of hydrogen-bond donors (Lipinski definition) is 4. The molecule has 1 heterocycles. The molecule has 1 rings (SSSR count). The van der Waals surface area contributed by atoms with Crippen molar-refractivity contribution in [2.45, 2.75) is 38.3 Å². The van der Waals surface area contributed by atoms with E-state index in [2.05, 4.69) is 10.5 Å². The molecule has 0 aromatic rings. The molecule has 0 bridgehead atoms. The fraction of sp³-hybridized carbons (Fsp3) is 0.889. The van der Waals surface area contributed by atoms with Gasteiger partial charge in [0, 0.05) is 12.8 Å². The van der Waals surface area contributed by atoms with E-state index in [4.69, 9.17) is 20.1 Å². The molecule has 1 saturated heterocycles. The van der Waals surface area contributed by atoms with Crippen LogP contribution >= 0.6 is 0 Å². The average Bonchev–Trinajstić information content (AvgIpc) is 2.16. The molecular weight excluding hydrogens is 218 g/mol. The Morgan fingerprint density at radius 2 is 2.12 bits per heavy atom. The molecule has 0 radical (unpaired) electrons. The predicted octanol–water partition coefficient (Wildman–Crippen LogP) is -1.06. The van der Waals surface area contributed by atoms with Crippen LogP contribution in [-0.4, -0.2) is 53.1 Å². The summed E-state index contributed by atoms with van der Waals surface area (Å²) in [6, 6.07) is 0. The first-order chi connectivity index (χ1) is 7.49. The summed E-state index contributed by atoms with van der Waals surface area (Å²) < 4.78 is 9.03. The molecule has 7 heteroatoms. The number of aliphatic hydroxyl groups excluding tert-OH is 3. The fourth-order valence-electron chi connectivity index (χ4n) is 1.23. The smallest absolute Gasteiger partial charge is 0.404 e. The zero-order chi connectivity index (χ0) is 12.6. The van der Waals surface area contributed by atoms with E-state index in [1.165, 1.54) is 0 Å². The summed E-state index contributed by atoms with van der Waals surface area (Å²) in [5, 5.41) is 26.5. The number of rotatable bonds is 2. The highest BCUT2D eigenvalue weighted by molar-refractivity contribution is 5.64. The van der Waals surface area contributed by atoms with Gasteiger partial charge in [-0.05, 0) is 6.92 Å². The summed E-state index contributed by atoms with van der Waals surface area (Å²) in [5.41, 5.74) is 4.54. The third kappa shape index (κ3) is 7.41. The first kappa shape index (κ1) is 15.1. The highest BCUT2D eigenvalue weighted by Crippen LogP contribution is 2.17. The molecule has 7 nitrogen and oxygen atoms in total. The fourth-order valence-corrected chi connectivity index (χ4v) is 1.23. The second-order valence-corrected chi connectivity index (χ2v) is 3.27. The van der Waals surface area contributed by atoms with Crippen molar-refractivity contribution in [3.05, 3.63) is 0 Å². The number of carbonyl (C=O) groups is 1. The number of ether oxygens (including phenoxy) is 2. The van der Waals surface area contributed by atoms with E-state index < -0.39 is 24.6 Å². The molecule has 5 N–H and O–H groups in total. The lowest BCUT2D eigenvalue weighted by Crippen LogP contribution is -2.37. The van der Waals surface area contributed by atoms with E-state index in [1.54, 1.807) is 6.92 Å². The maximum Gasteiger partial charge on any atom is 0.404 e. The molecule has 0 spiro atoms. The second-order valence-electron chi connectivity index (χ2n) is 3.27. The van der Waals surface area contributed by atoms with Gasteiger partial charge < -0.3 is 30.5 Å². The molecule has 16 heavy (non-hydrogen) atoms. The van der Waals surface area contributed by atoms with E-state index in [1.807, 2.05) is 0 Å². The van der Waals surface area contributed by atoms with Crippen LogP contribution < -0.4 is 5.73 Å². The molecule has 1 amide bonds. The Balaban J connectivity index is 0.000000325. The van der Waals surface area contributed by atoms with Crippen LogP contribution in [0, 0.1) is 0 Å². The van der Waals surface area contributed by atoms with Gasteiger partial charge in [0.25, 0.3) is 0 Å². The summed E-state index contributed by atoms with van der Waals surface area (Å²) in [6.07, 6.45) is -1.91. The zero-order valence-electron chi connectivity index (χ0n) is 9.20. The summed E-state index contributed by atoms with van der Waals surface area (Å²) in [7, 11) is 0. The minimum Gasteiger partial charge on any atom is -0.450 e. The largest absolute Gasteiger partial charge is 0.450 e. The van der Waals surface area contributed by atoms with Crippen molar-refractivity contribution in [1.29, 1.82) is 0 Å². The molecule has 3 atom stereocenters. The Bertz CT molecular complexity index is 190. The standard InChI is InChI=1S/C6H12O4.C3H7NO2/c7-3-5-1-4(8)2-6(9)10-5;1-2-6-3(4)5/h4-9H,1-3H2;2H2,1H3,(H2,4,5). The normalized spacial score (nSPS) is 28.9. The van der Waals surface area contributed by atoms with Gasteiger partial charge in [0.05, 0.1) is 25.4 Å². The Kier molecular flexibility index (Phi) is 7.82. The average molecular weight is 237 g/mol. The number of carbonyl (C=O) groups excluding carboxylic acids is 1. The van der Waals surface area contributed by atoms with E-state index in [0.717, 1.165) is 0 Å². The SMILES string of the molecule is CCOC(N)=O.OCC1CC(O)CC(O)O1. The summed E-state index contributed by atoms with van der Waals surface area (Å²) in [6.45, 7) is 1.91. The van der Waals surface area contributed by atoms with Crippen LogP contribution in [0.4, 0.5) is 4.79 Å². The number of amides is 1. The lowest BCUT2D eigenvalue weighted by atomic mass is 10.1. The molecule has 96 valence electrons. The molecule has 1 fully saturated rings. The highest BCUT2D eigenvalue weighted by Gasteiger charge is 2.25. The van der Waals surface area contributed by atoms with E-state index >= 15 is 0 Å². The molecule has 0 aromatic carbocycles. The number of aliphatic hydroxyl groups is 3. The first-order valence-electron chi connectivity index (χ1n) is 5.04. The maximum absolute atomic E-state index is 9.60. The number of hydrogen-bond acceptors (Lipinski definition) is 6. The number of nitrogens with two attached hydrogens (primary N) is 1. The van der Waals surface area contributed by atoms with Gasteiger partial charge >= 0.3 is 6.09 Å². The van der Waals surface area contributed by atoms with E-state index in [9.17, 15) is 4.79 Å². The van der Waals surface area contributed by atoms with Crippen LogP contribution in [0.1, 0.15) is 19.8 Å². The van der Waals surface area contributed by atoms with Crippen LogP contribution in [0.2, 0.25) is 0 Å². The highest BCUT2D eigenvalue weighted by atomic mass is 16.6. The van der Waals surface area contributed by atoms with Gasteiger partial charge in [-0.25, -0.2) is 4.79 Å². The van der Waals surface area contributed by atoms with Gasteiger partial charge in [0.2, 0.25) is 0 Å². The van der Waals surface area contributed by atoms with Crippen molar-refractivity contribution in [2.75, 3.05) is 13.2 Å². The van der Waals surface area contributed by atoms with Gasteiger partial charge in [-0.3, -0.25) is 0 Å². The van der Waals surface area contributed by atoms with Crippen LogP contribution in [0.3, 0.4) is 0 Å². The molecule has 3 unspecified atom stereocenters. The van der Waals surface area contributed by atoms with Crippen molar-refractivity contribution in [3.63, 3.8) is 0 Å². The minimum absolute atomic E-state index is 0.145. The topological polar surface area (TPSA) is 122 Å². The third-order valence-electron chi connectivity index (χ3n) is 1.85. The van der Waals surface area contributed by atoms with Crippen LogP contribution in [-0.2, 0) is 9.47 Å². The third-order valence-corrected chi connectivity index (χ3v) is 1.85. The minimum atomic E-state index is -0.916. The molecular formula is C9H19NO6. The van der Waals surface area contributed by atoms with Gasteiger partial charge in [0.1, 0.15) is 0 Å². The van der Waals surface area contributed by atoms with Crippen molar-refractivity contribution in [3.8, 4) is 0 Å². The Hall–Kier alpha value is -0.890. The Morgan fingerprint density at radius 3 is 2.44 bits per heavy atom. The van der Waals surface area contributed by atoms with Gasteiger partial charge in [-0.15, -0.1) is 0 Å². The van der Waals surface area contributed by atoms with Gasteiger partial charge in [-0.1, -0.05) is 0 Å². The summed E-state index contributed by atoms with van der Waals surface area (Å²) in [5.74, 6) is 0. The van der Waals surface area contributed by atoms with Crippen LogP contribution in [0.15, 0.2) is 0 Å². The van der Waals surface area contributed by atoms with E-state index in [-0.39, 0.29) is 13.0 Å². The molecule has 0 saturated carbocycles. The number of primary amides is 1. The van der Waals surface area contributed by atoms with Gasteiger partial charge in [0.15, 0.2) is 6.29 Å². The van der Waals surface area contributed by atoms with E-state index in [0.29, 0.717) is 13.0 Å². The second kappa shape index (κ2) is 8.28. The zero-order valence-corrected chi connectivity index (χ0v) is 9.20. The quantitative estimate of drug-likeness (QED) is 0.485. The molecule has 1 aliphatic rings. The van der Waals surface area contributed by atoms with Crippen molar-refractivity contribution in [2.24, 2.45) is 5.73 Å².